The highest BCUT2D eigenvalue weighted by Gasteiger charge is 2.31. The van der Waals surface area contributed by atoms with E-state index >= 15 is 0 Å². The SMILES string of the molecule is C[C@@H](NC(=O)OC(C)(C)C)C(=O)N1CCN(S(=O)(=O)Cc2ccccc2)CC1. The minimum Gasteiger partial charge on any atom is -0.444 e. The highest BCUT2D eigenvalue weighted by Crippen LogP contribution is 2.14. The van der Waals surface area contributed by atoms with Gasteiger partial charge in [-0.05, 0) is 33.3 Å². The molecule has 1 N–H and O–H groups in total. The average Bonchev–Trinajstić information content (AvgIpc) is 2.60. The minimum absolute atomic E-state index is 0.0572. The van der Waals surface area contributed by atoms with Gasteiger partial charge in [-0.3, -0.25) is 4.79 Å². The number of sulfonamides is 1. The second-order valence-electron chi connectivity index (χ2n) is 7.83. The van der Waals surface area contributed by atoms with Crippen LogP contribution in [-0.2, 0) is 25.3 Å². The number of nitrogens with zero attached hydrogens (tertiary/aromatic N) is 2. The summed E-state index contributed by atoms with van der Waals surface area (Å²) in [4.78, 5) is 25.9. The van der Waals surface area contributed by atoms with E-state index in [0.29, 0.717) is 0 Å². The Labute approximate surface area is 166 Å². The van der Waals surface area contributed by atoms with Crippen molar-refractivity contribution in [1.82, 2.24) is 14.5 Å². The first-order valence-electron chi connectivity index (χ1n) is 9.28. The van der Waals surface area contributed by atoms with Gasteiger partial charge in [-0.15, -0.1) is 0 Å². The third-order valence-corrected chi connectivity index (χ3v) is 6.09. The molecule has 2 rings (SSSR count). The molecular formula is C19H29N3O5S. The maximum absolute atomic E-state index is 12.6. The van der Waals surface area contributed by atoms with Gasteiger partial charge in [-0.1, -0.05) is 30.3 Å². The van der Waals surface area contributed by atoms with E-state index in [1.54, 1.807) is 56.9 Å². The lowest BCUT2D eigenvalue weighted by molar-refractivity contribution is -0.134. The molecule has 0 radical (unpaired) electrons. The first-order chi connectivity index (χ1) is 13.0. The van der Waals surface area contributed by atoms with E-state index in [1.807, 2.05) is 6.07 Å². The van der Waals surface area contributed by atoms with Gasteiger partial charge in [-0.25, -0.2) is 13.2 Å². The summed E-state index contributed by atoms with van der Waals surface area (Å²) >= 11 is 0. The predicted molar refractivity (Wildman–Crippen MR) is 106 cm³/mol. The van der Waals surface area contributed by atoms with Gasteiger partial charge < -0.3 is 15.0 Å². The van der Waals surface area contributed by atoms with Crippen LogP contribution in [0.5, 0.6) is 0 Å². The van der Waals surface area contributed by atoms with Crippen molar-refractivity contribution in [2.75, 3.05) is 26.2 Å². The number of hydrogen-bond donors (Lipinski definition) is 1. The number of nitrogens with one attached hydrogen (secondary N) is 1. The highest BCUT2D eigenvalue weighted by molar-refractivity contribution is 7.88. The number of rotatable bonds is 5. The number of carbonyl (C=O) groups is 2. The molecule has 0 aliphatic carbocycles. The molecule has 156 valence electrons. The van der Waals surface area contributed by atoms with Crippen LogP contribution in [0.2, 0.25) is 0 Å². The lowest BCUT2D eigenvalue weighted by Crippen LogP contribution is -2.55. The van der Waals surface area contributed by atoms with Crippen LogP contribution in [0.4, 0.5) is 4.79 Å². The molecule has 1 fully saturated rings. The van der Waals surface area contributed by atoms with Crippen molar-refractivity contribution in [3.8, 4) is 0 Å². The molecule has 28 heavy (non-hydrogen) atoms. The van der Waals surface area contributed by atoms with E-state index in [2.05, 4.69) is 5.32 Å². The van der Waals surface area contributed by atoms with Gasteiger partial charge in [0.15, 0.2) is 0 Å². The summed E-state index contributed by atoms with van der Waals surface area (Å²) in [5, 5.41) is 2.52. The first kappa shape index (κ1) is 22.2. The normalized spacial score (nSPS) is 17.1. The molecule has 1 aromatic carbocycles. The molecule has 1 aliphatic rings. The van der Waals surface area contributed by atoms with Crippen LogP contribution in [0.3, 0.4) is 0 Å². The van der Waals surface area contributed by atoms with Crippen molar-refractivity contribution in [3.05, 3.63) is 35.9 Å². The van der Waals surface area contributed by atoms with Gasteiger partial charge in [0.25, 0.3) is 0 Å². The molecule has 1 aliphatic heterocycles. The monoisotopic (exact) mass is 411 g/mol. The Hall–Kier alpha value is -2.13. The molecule has 1 heterocycles. The average molecular weight is 412 g/mol. The van der Waals surface area contributed by atoms with E-state index in [9.17, 15) is 18.0 Å². The number of ether oxygens (including phenoxy) is 1. The maximum Gasteiger partial charge on any atom is 0.408 e. The Balaban J connectivity index is 1.87. The molecule has 1 saturated heterocycles. The molecule has 0 unspecified atom stereocenters. The molecule has 0 aromatic heterocycles. The van der Waals surface area contributed by atoms with E-state index in [-0.39, 0.29) is 37.8 Å². The van der Waals surface area contributed by atoms with Crippen LogP contribution in [0.15, 0.2) is 30.3 Å². The molecule has 0 bridgehead atoms. The zero-order chi connectivity index (χ0) is 20.9. The van der Waals surface area contributed by atoms with Crippen molar-refractivity contribution in [1.29, 1.82) is 0 Å². The molecule has 8 nitrogen and oxygen atoms in total. The minimum atomic E-state index is -3.44. The molecular weight excluding hydrogens is 382 g/mol. The summed E-state index contributed by atoms with van der Waals surface area (Å²) in [6.45, 7) is 7.86. The fourth-order valence-corrected chi connectivity index (χ4v) is 4.40. The molecule has 1 atom stereocenters. The highest BCUT2D eigenvalue weighted by atomic mass is 32.2. The third kappa shape index (κ3) is 6.49. The number of piperazine rings is 1. The lowest BCUT2D eigenvalue weighted by Gasteiger charge is -2.35. The third-order valence-electron chi connectivity index (χ3n) is 4.24. The Kier molecular flexibility index (Phi) is 7.06. The largest absolute Gasteiger partial charge is 0.444 e. The Bertz CT molecular complexity index is 782. The predicted octanol–water partition coefficient (Wildman–Crippen LogP) is 1.57. The summed E-state index contributed by atoms with van der Waals surface area (Å²) < 4.78 is 31.8. The van der Waals surface area contributed by atoms with Crippen LogP contribution in [0.1, 0.15) is 33.3 Å². The smallest absolute Gasteiger partial charge is 0.408 e. The number of amides is 2. The van der Waals surface area contributed by atoms with Gasteiger partial charge in [-0.2, -0.15) is 4.31 Å². The number of alkyl carbamates (subject to hydrolysis) is 1. The zero-order valence-electron chi connectivity index (χ0n) is 16.8. The van der Waals surface area contributed by atoms with E-state index < -0.39 is 27.8 Å². The van der Waals surface area contributed by atoms with E-state index in [1.165, 1.54) is 4.31 Å². The quantitative estimate of drug-likeness (QED) is 0.794. The molecule has 1 aromatic rings. The van der Waals surface area contributed by atoms with Gasteiger partial charge in [0.1, 0.15) is 11.6 Å². The molecule has 9 heteroatoms. The Morgan fingerprint density at radius 2 is 1.68 bits per heavy atom. The van der Waals surface area contributed by atoms with Crippen LogP contribution in [0.25, 0.3) is 0 Å². The summed E-state index contributed by atoms with van der Waals surface area (Å²) in [7, 11) is -3.44. The van der Waals surface area contributed by atoms with E-state index in [4.69, 9.17) is 4.74 Å². The van der Waals surface area contributed by atoms with Crippen molar-refractivity contribution >= 4 is 22.0 Å². The topological polar surface area (TPSA) is 96.0 Å². The van der Waals surface area contributed by atoms with Crippen LogP contribution >= 0.6 is 0 Å². The summed E-state index contributed by atoms with van der Waals surface area (Å²) in [5.41, 5.74) is 0.0853. The zero-order valence-corrected chi connectivity index (χ0v) is 17.7. The van der Waals surface area contributed by atoms with Gasteiger partial charge >= 0.3 is 6.09 Å². The summed E-state index contributed by atoms with van der Waals surface area (Å²) in [6.07, 6.45) is -0.655. The number of carbonyl (C=O) groups excluding carboxylic acids is 2. The fourth-order valence-electron chi connectivity index (χ4n) is 2.88. The van der Waals surface area contributed by atoms with Crippen molar-refractivity contribution < 1.29 is 22.7 Å². The van der Waals surface area contributed by atoms with E-state index in [0.717, 1.165) is 5.56 Å². The van der Waals surface area contributed by atoms with Crippen molar-refractivity contribution in [2.45, 2.75) is 45.1 Å². The van der Waals surface area contributed by atoms with Crippen LogP contribution in [-0.4, -0.2) is 67.4 Å². The molecule has 2 amide bonds. The van der Waals surface area contributed by atoms with Gasteiger partial charge in [0.2, 0.25) is 15.9 Å². The Morgan fingerprint density at radius 3 is 2.21 bits per heavy atom. The second-order valence-corrected chi connectivity index (χ2v) is 9.80. The number of benzene rings is 1. The first-order valence-corrected chi connectivity index (χ1v) is 10.9. The summed E-state index contributed by atoms with van der Waals surface area (Å²) in [6, 6.07) is 8.26. The standard InChI is InChI=1S/C19H29N3O5S/c1-15(20-18(24)27-19(2,3)4)17(23)21-10-12-22(13-11-21)28(25,26)14-16-8-6-5-7-9-16/h5-9,15H,10-14H2,1-4H3,(H,20,24)/t15-/m1/s1. The number of hydrogen-bond acceptors (Lipinski definition) is 5. The van der Waals surface area contributed by atoms with Crippen LogP contribution < -0.4 is 5.32 Å². The fraction of sp³-hybridized carbons (Fsp3) is 0.579. The second kappa shape index (κ2) is 8.91. The van der Waals surface area contributed by atoms with Crippen molar-refractivity contribution in [3.63, 3.8) is 0 Å². The lowest BCUT2D eigenvalue weighted by atomic mass is 10.2. The van der Waals surface area contributed by atoms with Crippen LogP contribution in [0, 0.1) is 0 Å². The molecule has 0 spiro atoms. The summed E-state index contributed by atoms with van der Waals surface area (Å²) in [5.74, 6) is -0.316. The van der Waals surface area contributed by atoms with Crippen molar-refractivity contribution in [2.24, 2.45) is 0 Å². The van der Waals surface area contributed by atoms with Gasteiger partial charge in [0.05, 0.1) is 5.75 Å². The Morgan fingerprint density at radius 1 is 1.11 bits per heavy atom. The molecule has 0 saturated carbocycles. The van der Waals surface area contributed by atoms with Gasteiger partial charge in [0, 0.05) is 26.2 Å². The maximum atomic E-state index is 12.6.